The molecule has 0 radical (unpaired) electrons. The molecule has 0 amide bonds. The first-order chi connectivity index (χ1) is 53.9. The molecule has 5 saturated carbocycles. The van der Waals surface area contributed by atoms with Crippen molar-refractivity contribution in [3.05, 3.63) is 84.1 Å². The number of Topliss-reactive ketones (excluding diaryl/α,β-unsaturated/α-hetero) is 2. The number of unbranched alkanes of at least 4 members (excludes halogenated alkanes) is 36. The van der Waals surface area contributed by atoms with Gasteiger partial charge >= 0.3 is 0 Å². The summed E-state index contributed by atoms with van der Waals surface area (Å²) < 4.78 is 19.1. The second-order valence-corrected chi connectivity index (χ2v) is 37.3. The number of aryl methyl sites for hydroxylation is 1. The van der Waals surface area contributed by atoms with Crippen LogP contribution in [0.5, 0.6) is 0 Å². The number of carbonyl (C=O) groups is 2. The quantitative estimate of drug-likeness (QED) is 0.0315. The van der Waals surface area contributed by atoms with Crippen molar-refractivity contribution in [2.45, 2.75) is 376 Å². The van der Waals surface area contributed by atoms with E-state index in [1.165, 1.54) is 291 Å². The molecule has 2 aromatic heterocycles. The molecule has 592 valence electrons. The Hall–Kier alpha value is -4.69. The number of hydrogen-bond acceptors (Lipinski definition) is 8. The average molecular weight is 1530 g/mol. The van der Waals surface area contributed by atoms with Crippen LogP contribution in [-0.2, 0) is 22.4 Å². The van der Waals surface area contributed by atoms with Crippen molar-refractivity contribution < 1.29 is 9.59 Å². The molecule has 12 unspecified atom stereocenters. The van der Waals surface area contributed by atoms with E-state index in [9.17, 15) is 30.6 Å². The summed E-state index contributed by atoms with van der Waals surface area (Å²) in [6.45, 7) is 19.4. The topological polar surface area (TPSA) is 129 Å². The van der Waals surface area contributed by atoms with Gasteiger partial charge < -0.3 is 0 Å². The maximum absolute atomic E-state index is 14.7. The second kappa shape index (κ2) is 48.4. The van der Waals surface area contributed by atoms with Crippen LogP contribution in [0.25, 0.3) is 38.6 Å². The SMILES string of the molecule is CCCCCCCCCCCCC1C2C(=O)C3CC(C)CCC3C2C(CCCCCCCCCCCC)C2C(=O)C3CC(C)CCC3C12.CCCCCCCCCCCCc1c2c(c(CCCCCCCCCCCC)c3c1C(=C(C#N)C#N)C(C)=C3)C(=C(C#N)C#N)C(c1ccc(-c3ccc(C)s3)s1)=C2.[2H][P+]([3H])([3H])C. The van der Waals surface area contributed by atoms with Crippen LogP contribution in [0, 0.1) is 123 Å². The Bertz CT molecular complexity index is 3590. The molecule has 1 aromatic carbocycles. The Morgan fingerprint density at radius 1 is 0.454 bits per heavy atom. The van der Waals surface area contributed by atoms with Crippen LogP contribution < -0.4 is 0 Å². The number of carbonyl (C=O) groups excluding carboxylic acids is 2. The van der Waals surface area contributed by atoms with Crippen molar-refractivity contribution in [2.24, 2.45) is 71.0 Å². The lowest BCUT2D eigenvalue weighted by atomic mass is 9.53. The van der Waals surface area contributed by atoms with Crippen molar-refractivity contribution in [1.82, 2.24) is 0 Å². The summed E-state index contributed by atoms with van der Waals surface area (Å²) >= 11 is 3.49. The minimum atomic E-state index is -2.64. The number of allylic oxidation sites excluding steroid dienone is 6. The molecule has 7 aliphatic carbocycles. The van der Waals surface area contributed by atoms with E-state index in [2.05, 4.69) is 109 Å². The van der Waals surface area contributed by atoms with Gasteiger partial charge in [-0.2, -0.15) is 21.0 Å². The molecule has 12 atom stereocenters. The first-order valence-electron chi connectivity index (χ1n) is 46.6. The highest BCUT2D eigenvalue weighted by atomic mass is 32.1. The van der Waals surface area contributed by atoms with Crippen LogP contribution in [0.4, 0.5) is 0 Å². The smallest absolute Gasteiger partial charge is 0.262 e. The van der Waals surface area contributed by atoms with Crippen LogP contribution >= 0.6 is 31.7 Å². The van der Waals surface area contributed by atoms with Gasteiger partial charge in [0.05, 0.1) is 0 Å². The zero-order valence-electron chi connectivity index (χ0n) is 72.6. The molecule has 108 heavy (non-hydrogen) atoms. The molecule has 7 aliphatic rings. The van der Waals surface area contributed by atoms with E-state index in [1.807, 2.05) is 6.92 Å². The average Bonchev–Trinajstić information content (AvgIpc) is 1.55. The van der Waals surface area contributed by atoms with Gasteiger partial charge in [-0.3, -0.25) is 9.59 Å². The number of rotatable bonds is 46. The molecule has 3 aromatic rings. The zero-order valence-corrected chi connectivity index (χ0v) is 72.1. The molecule has 6 nitrogen and oxygen atoms in total. The summed E-state index contributed by atoms with van der Waals surface area (Å²) in [6, 6.07) is 17.8. The summed E-state index contributed by atoms with van der Waals surface area (Å²) in [5, 5.41) is 41.7. The highest BCUT2D eigenvalue weighted by Gasteiger charge is 2.67. The van der Waals surface area contributed by atoms with Gasteiger partial charge in [-0.25, -0.2) is 0 Å². The van der Waals surface area contributed by atoms with Crippen molar-refractivity contribution in [3.8, 4) is 34.0 Å². The first-order valence-corrected chi connectivity index (χ1v) is 47.8. The Morgan fingerprint density at radius 2 is 0.778 bits per heavy atom. The molecule has 10 rings (SSSR count). The Balaban J connectivity index is 0.000000267. The van der Waals surface area contributed by atoms with Gasteiger partial charge in [0.1, 0.15) is 47.0 Å². The Kier molecular flexibility index (Phi) is 37.7. The van der Waals surface area contributed by atoms with E-state index >= 15 is 0 Å². The fraction of sp³-hybridized carbons (Fsp3) is 0.717. The fourth-order valence-corrected chi connectivity index (χ4v) is 23.8. The summed E-state index contributed by atoms with van der Waals surface area (Å²) in [5.41, 5.74) is 10.2. The van der Waals surface area contributed by atoms with Crippen molar-refractivity contribution in [3.63, 3.8) is 0 Å². The maximum Gasteiger partial charge on any atom is 0.262 e. The molecule has 0 saturated heterocycles. The van der Waals surface area contributed by atoms with E-state index in [4.69, 9.17) is 3.84 Å². The predicted octanol–water partition coefficient (Wildman–Crippen LogP) is 30.1. The van der Waals surface area contributed by atoms with Crippen LogP contribution in [0.2, 0.25) is 0 Å². The second-order valence-electron chi connectivity index (χ2n) is 35.0. The number of nitriles is 4. The molecule has 2 heterocycles. The number of thiophene rings is 2. The van der Waals surface area contributed by atoms with E-state index in [0.29, 0.717) is 70.7 Å². The van der Waals surface area contributed by atoms with Crippen LogP contribution in [0.3, 0.4) is 0 Å². The molecular weight excluding hydrogens is 1370 g/mol. The summed E-state index contributed by atoms with van der Waals surface area (Å²) in [4.78, 5) is 34.1. The molecule has 0 bridgehead atoms. The number of nitrogens with zero attached hydrogens (tertiary/aromatic N) is 4. The van der Waals surface area contributed by atoms with Crippen LogP contribution in [0.15, 0.2) is 41.0 Å². The van der Waals surface area contributed by atoms with E-state index in [0.717, 1.165) is 112 Å². The fourth-order valence-electron chi connectivity index (χ4n) is 21.9. The Morgan fingerprint density at radius 3 is 1.15 bits per heavy atom. The maximum atomic E-state index is 14.7. The lowest BCUT2D eigenvalue weighted by molar-refractivity contribution is -0.136. The summed E-state index contributed by atoms with van der Waals surface area (Å²) in [6.07, 6.45) is 68.2. The largest absolute Gasteiger partial charge is 0.299 e. The number of ketones is 2. The lowest BCUT2D eigenvalue weighted by Crippen LogP contribution is -2.48. The highest BCUT2D eigenvalue weighted by Crippen LogP contribution is 2.67. The standard InChI is InChI=1S/C52H62N4S2.C46H80O2.CH5P/c1-5-7-9-11-13-15-17-19-21-23-25-41-43-31-37(3)49(39(33-53)34-54)51(43)42(26-24-22-20-18-16-14-12-10-8-6-2)44-32-45(50(52(41)44)40(35-55)36-56)46-29-30-48(58-46)47-28-27-38(4)57-47;1-5-7-9-11-13-15-17-19-21-23-25-37-41-35-29-27-33(3)31-39(35)46(48)44(41)38(26-24-22-20-18-16-14-12-10-8-6-2)42-36-30-28-34(4)32-40(36)45(47)43(37)42;1-2/h27-32H,5-26H2,1-4H3;33-44H,5-32H2,1-4H3;2H2,1H3/p+1/i;;2T2/hD. The minimum Gasteiger partial charge on any atom is -0.299 e. The van der Waals surface area contributed by atoms with Crippen molar-refractivity contribution >= 4 is 72.2 Å². The molecule has 5 fully saturated rings. The normalized spacial score (nSPS) is 24.0. The van der Waals surface area contributed by atoms with Crippen molar-refractivity contribution in [2.75, 3.05) is 6.66 Å². The highest BCUT2D eigenvalue weighted by molar-refractivity contribution is 7.22. The number of benzene rings is 1. The third-order valence-corrected chi connectivity index (χ3v) is 29.5. The van der Waals surface area contributed by atoms with E-state index in [-0.39, 0.29) is 23.0 Å². The molecule has 0 aliphatic heterocycles. The molecule has 0 spiro atoms. The molecule has 9 heteroatoms. The lowest BCUT2D eigenvalue weighted by Gasteiger charge is -2.50. The monoisotopic (exact) mass is 1530 g/mol. The first kappa shape index (κ1) is 84.2. The van der Waals surface area contributed by atoms with Gasteiger partial charge in [0, 0.05) is 66.6 Å². The van der Waals surface area contributed by atoms with Gasteiger partial charge in [-0.05, 0) is 204 Å². The van der Waals surface area contributed by atoms with Gasteiger partial charge in [-0.1, -0.05) is 304 Å². The van der Waals surface area contributed by atoms with Crippen LogP contribution in [0.1, 0.15) is 400 Å². The molecular formula is C99H148N4O2PS2+. The van der Waals surface area contributed by atoms with Gasteiger partial charge in [0.15, 0.2) is 0 Å². The summed E-state index contributed by atoms with van der Waals surface area (Å²) in [7, 11) is -2.64. The van der Waals surface area contributed by atoms with E-state index < -0.39 is 9.08 Å². The third kappa shape index (κ3) is 23.7. The summed E-state index contributed by atoms with van der Waals surface area (Å²) in [5.74, 6) is 7.16. The zero-order chi connectivity index (χ0) is 79.7. The van der Waals surface area contributed by atoms with Gasteiger partial charge in [0.2, 0.25) is 0 Å². The third-order valence-electron chi connectivity index (χ3n) is 27.2. The van der Waals surface area contributed by atoms with Gasteiger partial charge in [-0.15, -0.1) is 22.7 Å². The number of fused-ring (bicyclic) bond motifs is 8. The molecule has 0 N–H and O–H groups in total. The Labute approximate surface area is 674 Å². The van der Waals surface area contributed by atoms with E-state index in [1.54, 1.807) is 22.7 Å². The van der Waals surface area contributed by atoms with Crippen molar-refractivity contribution in [1.29, 1.82) is 24.9 Å². The predicted molar refractivity (Wildman–Crippen MR) is 469 cm³/mol. The minimum absolute atomic E-state index is 0.144. The van der Waals surface area contributed by atoms with Crippen LogP contribution in [-0.4, -0.2) is 22.1 Å². The van der Waals surface area contributed by atoms with Gasteiger partial charge in [0.25, 0.3) is 3.84 Å². The number of hydrogen-bond donors (Lipinski definition) is 0.